The van der Waals surface area contributed by atoms with Crippen molar-refractivity contribution in [2.75, 3.05) is 12.3 Å². The molecule has 1 aromatic rings. The van der Waals surface area contributed by atoms with Gasteiger partial charge in [0.2, 0.25) is 5.91 Å². The largest absolute Gasteiger partial charge is 0.384 e. The van der Waals surface area contributed by atoms with Crippen LogP contribution in [0.2, 0.25) is 0 Å². The van der Waals surface area contributed by atoms with E-state index in [0.29, 0.717) is 17.9 Å². The van der Waals surface area contributed by atoms with Crippen LogP contribution in [0.1, 0.15) is 18.9 Å². The van der Waals surface area contributed by atoms with E-state index in [1.807, 2.05) is 25.1 Å². The first-order chi connectivity index (χ1) is 8.56. The minimum absolute atomic E-state index is 0.000980. The van der Waals surface area contributed by atoms with Crippen molar-refractivity contribution in [1.82, 2.24) is 5.32 Å². The van der Waals surface area contributed by atoms with Crippen LogP contribution in [0.4, 0.5) is 0 Å². The monoisotopic (exact) mass is 329 g/mol. The first-order valence-corrected chi connectivity index (χ1v) is 7.36. The summed E-state index contributed by atoms with van der Waals surface area (Å²) in [5, 5.41) is 10.4. The van der Waals surface area contributed by atoms with Gasteiger partial charge >= 0.3 is 0 Å². The van der Waals surface area contributed by atoms with Crippen molar-refractivity contribution in [2.45, 2.75) is 18.2 Å². The number of halogens is 1. The van der Waals surface area contributed by atoms with E-state index in [-0.39, 0.29) is 11.7 Å². The molecule has 0 aliphatic rings. The van der Waals surface area contributed by atoms with Gasteiger partial charge in [0.25, 0.3) is 0 Å². The van der Waals surface area contributed by atoms with E-state index in [1.165, 1.54) is 11.8 Å². The number of benzene rings is 1. The minimum atomic E-state index is -0.00340. The molecule has 0 aliphatic heterocycles. The molecule has 0 atom stereocenters. The van der Waals surface area contributed by atoms with Crippen LogP contribution in [0.25, 0.3) is 0 Å². The van der Waals surface area contributed by atoms with Gasteiger partial charge < -0.3 is 11.1 Å². The lowest BCUT2D eigenvalue weighted by atomic mass is 10.2. The summed E-state index contributed by atoms with van der Waals surface area (Å²) in [5.41, 5.74) is 6.19. The smallest absolute Gasteiger partial charge is 0.230 e. The van der Waals surface area contributed by atoms with Gasteiger partial charge in [0, 0.05) is 21.5 Å². The van der Waals surface area contributed by atoms with Crippen LogP contribution in [-0.4, -0.2) is 24.0 Å². The molecule has 0 saturated carbocycles. The summed E-state index contributed by atoms with van der Waals surface area (Å²) in [5.74, 6) is 0.326. The highest BCUT2D eigenvalue weighted by atomic mass is 79.9. The summed E-state index contributed by atoms with van der Waals surface area (Å²) < 4.78 is 0.772. The standard InChI is InChI=1S/C12H16BrN3OS/c1-2-6-16-10(17)7-18-9-5-3-4-8(13)11(9)12(14)15/h3-5H,2,6-7H2,1H3,(H3,14,15)(H,16,17). The molecule has 0 unspecified atom stereocenters. The number of hydrogen-bond acceptors (Lipinski definition) is 3. The molecule has 0 fully saturated rings. The zero-order valence-electron chi connectivity index (χ0n) is 10.1. The Kier molecular flexibility index (Phi) is 6.21. The normalized spacial score (nSPS) is 10.1. The maximum Gasteiger partial charge on any atom is 0.230 e. The Morgan fingerprint density at radius 3 is 2.89 bits per heavy atom. The Morgan fingerprint density at radius 1 is 1.56 bits per heavy atom. The molecular weight excluding hydrogens is 314 g/mol. The number of carbonyl (C=O) groups excluding carboxylic acids is 1. The van der Waals surface area contributed by atoms with Crippen LogP contribution in [0.15, 0.2) is 27.6 Å². The highest BCUT2D eigenvalue weighted by Crippen LogP contribution is 2.28. The Bertz CT molecular complexity index is 451. The van der Waals surface area contributed by atoms with E-state index >= 15 is 0 Å². The van der Waals surface area contributed by atoms with Crippen LogP contribution < -0.4 is 11.1 Å². The summed E-state index contributed by atoms with van der Waals surface area (Å²) in [6.45, 7) is 2.70. The van der Waals surface area contributed by atoms with Gasteiger partial charge in [-0.3, -0.25) is 10.2 Å². The van der Waals surface area contributed by atoms with E-state index in [4.69, 9.17) is 11.1 Å². The number of nitrogens with one attached hydrogen (secondary N) is 2. The summed E-state index contributed by atoms with van der Waals surface area (Å²) in [4.78, 5) is 12.3. The predicted octanol–water partition coefficient (Wildman–Crippen LogP) is 2.35. The lowest BCUT2D eigenvalue weighted by molar-refractivity contribution is -0.118. The van der Waals surface area contributed by atoms with Gasteiger partial charge in [-0.2, -0.15) is 0 Å². The summed E-state index contributed by atoms with van der Waals surface area (Å²) in [6.07, 6.45) is 0.923. The van der Waals surface area contributed by atoms with Crippen molar-refractivity contribution < 1.29 is 4.79 Å². The molecule has 0 saturated heterocycles. The van der Waals surface area contributed by atoms with Crippen LogP contribution in [0.3, 0.4) is 0 Å². The Morgan fingerprint density at radius 2 is 2.28 bits per heavy atom. The van der Waals surface area contributed by atoms with Crippen molar-refractivity contribution in [3.63, 3.8) is 0 Å². The van der Waals surface area contributed by atoms with Crippen LogP contribution in [0, 0.1) is 5.41 Å². The third kappa shape index (κ3) is 4.34. The minimum Gasteiger partial charge on any atom is -0.384 e. The van der Waals surface area contributed by atoms with Gasteiger partial charge in [-0.1, -0.05) is 13.0 Å². The highest BCUT2D eigenvalue weighted by Gasteiger charge is 2.11. The van der Waals surface area contributed by atoms with Crippen LogP contribution >= 0.6 is 27.7 Å². The molecule has 0 radical (unpaired) electrons. The first-order valence-electron chi connectivity index (χ1n) is 5.58. The van der Waals surface area contributed by atoms with Crippen molar-refractivity contribution in [1.29, 1.82) is 5.41 Å². The number of nitrogen functional groups attached to an aromatic ring is 1. The predicted molar refractivity (Wildman–Crippen MR) is 79.2 cm³/mol. The van der Waals surface area contributed by atoms with Gasteiger partial charge in [0.05, 0.1) is 5.75 Å². The molecule has 0 bridgehead atoms. The fourth-order valence-electron chi connectivity index (χ4n) is 1.34. The van der Waals surface area contributed by atoms with E-state index in [1.54, 1.807) is 0 Å². The summed E-state index contributed by atoms with van der Waals surface area (Å²) in [6, 6.07) is 5.56. The second-order valence-corrected chi connectivity index (χ2v) is 5.54. The average Bonchev–Trinajstić information content (AvgIpc) is 2.33. The third-order valence-electron chi connectivity index (χ3n) is 2.18. The number of thioether (sulfide) groups is 1. The van der Waals surface area contributed by atoms with Gasteiger partial charge in [-0.25, -0.2) is 0 Å². The molecule has 1 aromatic carbocycles. The maximum atomic E-state index is 11.5. The fourth-order valence-corrected chi connectivity index (χ4v) is 2.98. The number of amidine groups is 1. The molecule has 4 nitrogen and oxygen atoms in total. The molecule has 1 amide bonds. The number of amides is 1. The Balaban J connectivity index is 2.70. The number of nitrogens with two attached hydrogens (primary N) is 1. The molecular formula is C12H16BrN3OS. The molecule has 18 heavy (non-hydrogen) atoms. The zero-order chi connectivity index (χ0) is 13.5. The first kappa shape index (κ1) is 15.0. The lowest BCUT2D eigenvalue weighted by Crippen LogP contribution is -2.25. The van der Waals surface area contributed by atoms with Crippen LogP contribution in [-0.2, 0) is 4.79 Å². The van der Waals surface area contributed by atoms with Gasteiger partial charge in [-0.05, 0) is 34.5 Å². The molecule has 0 aliphatic carbocycles. The molecule has 0 spiro atoms. The van der Waals surface area contributed by atoms with E-state index in [2.05, 4.69) is 21.2 Å². The third-order valence-corrected chi connectivity index (χ3v) is 3.89. The summed E-state index contributed by atoms with van der Waals surface area (Å²) in [7, 11) is 0. The van der Waals surface area contributed by atoms with Crippen molar-refractivity contribution in [3.05, 3.63) is 28.2 Å². The molecule has 6 heteroatoms. The zero-order valence-corrected chi connectivity index (χ0v) is 12.5. The van der Waals surface area contributed by atoms with E-state index in [0.717, 1.165) is 15.8 Å². The van der Waals surface area contributed by atoms with Gasteiger partial charge in [0.15, 0.2) is 0 Å². The SMILES string of the molecule is CCCNC(=O)CSc1cccc(Br)c1C(=N)N. The second kappa shape index (κ2) is 7.43. The molecule has 4 N–H and O–H groups in total. The quantitative estimate of drug-likeness (QED) is 0.426. The van der Waals surface area contributed by atoms with Crippen molar-refractivity contribution in [2.24, 2.45) is 5.73 Å². The van der Waals surface area contributed by atoms with Crippen molar-refractivity contribution >= 4 is 39.4 Å². The Hall–Kier alpha value is -1.01. The second-order valence-electron chi connectivity index (χ2n) is 3.67. The number of hydrogen-bond donors (Lipinski definition) is 3. The van der Waals surface area contributed by atoms with Gasteiger partial charge in [-0.15, -0.1) is 11.8 Å². The highest BCUT2D eigenvalue weighted by molar-refractivity contribution is 9.10. The average molecular weight is 330 g/mol. The molecule has 0 aromatic heterocycles. The molecule has 98 valence electrons. The van der Waals surface area contributed by atoms with Gasteiger partial charge in [0.1, 0.15) is 5.84 Å². The van der Waals surface area contributed by atoms with Crippen molar-refractivity contribution in [3.8, 4) is 0 Å². The Labute approximate surface area is 119 Å². The summed E-state index contributed by atoms with van der Waals surface area (Å²) >= 11 is 4.75. The van der Waals surface area contributed by atoms with Crippen LogP contribution in [0.5, 0.6) is 0 Å². The maximum absolute atomic E-state index is 11.5. The topological polar surface area (TPSA) is 79.0 Å². The van der Waals surface area contributed by atoms with E-state index < -0.39 is 0 Å². The number of rotatable bonds is 6. The number of carbonyl (C=O) groups is 1. The lowest BCUT2D eigenvalue weighted by Gasteiger charge is -2.09. The molecule has 0 heterocycles. The molecule has 1 rings (SSSR count). The van der Waals surface area contributed by atoms with E-state index in [9.17, 15) is 4.79 Å². The fraction of sp³-hybridized carbons (Fsp3) is 0.333.